The molecule has 2 aromatic rings. The van der Waals surface area contributed by atoms with E-state index in [1.54, 1.807) is 12.1 Å². The molecule has 0 radical (unpaired) electrons. The van der Waals surface area contributed by atoms with E-state index in [9.17, 15) is 13.2 Å². The van der Waals surface area contributed by atoms with Crippen LogP contribution in [0.1, 0.15) is 50.2 Å². The summed E-state index contributed by atoms with van der Waals surface area (Å²) in [6.45, 7) is 5.22. The van der Waals surface area contributed by atoms with Crippen LogP contribution >= 0.6 is 11.6 Å². The number of sulfonamides is 1. The first kappa shape index (κ1) is 22.8. The highest BCUT2D eigenvalue weighted by Crippen LogP contribution is 2.27. The second-order valence-electron chi connectivity index (χ2n) is 8.02. The van der Waals surface area contributed by atoms with E-state index in [2.05, 4.69) is 43.4 Å². The summed E-state index contributed by atoms with van der Waals surface area (Å²) in [7, 11) is -3.72. The highest BCUT2D eigenvalue weighted by atomic mass is 35.5. The number of carbonyl (C=O) groups excluding carboxylic acids is 1. The predicted molar refractivity (Wildman–Crippen MR) is 120 cm³/mol. The highest BCUT2D eigenvalue weighted by molar-refractivity contribution is 7.89. The van der Waals surface area contributed by atoms with Crippen molar-refractivity contribution in [2.45, 2.75) is 56.4 Å². The Morgan fingerprint density at radius 3 is 2.43 bits per heavy atom. The van der Waals surface area contributed by atoms with Crippen molar-refractivity contribution < 1.29 is 13.2 Å². The first-order valence-corrected chi connectivity index (χ1v) is 12.2. The Hall–Kier alpha value is -1.89. The van der Waals surface area contributed by atoms with Crippen LogP contribution in [0.25, 0.3) is 0 Å². The molecule has 0 bridgehead atoms. The summed E-state index contributed by atoms with van der Waals surface area (Å²) in [4.78, 5) is 12.8. The zero-order chi connectivity index (χ0) is 21.7. The Bertz CT molecular complexity index is 957. The zero-order valence-electron chi connectivity index (χ0n) is 17.5. The van der Waals surface area contributed by atoms with Gasteiger partial charge in [0.15, 0.2) is 0 Å². The van der Waals surface area contributed by atoms with Crippen molar-refractivity contribution in [3.05, 3.63) is 64.7 Å². The molecule has 7 heteroatoms. The minimum Gasteiger partial charge on any atom is -0.355 e. The number of rotatable bonds is 8. The van der Waals surface area contributed by atoms with E-state index in [-0.39, 0.29) is 10.8 Å². The molecule has 3 rings (SSSR count). The summed E-state index contributed by atoms with van der Waals surface area (Å²) < 4.78 is 27.2. The average molecular weight is 449 g/mol. The third-order valence-corrected chi connectivity index (χ3v) is 7.69. The summed E-state index contributed by atoms with van der Waals surface area (Å²) in [6.07, 6.45) is 2.89. The van der Waals surface area contributed by atoms with Crippen molar-refractivity contribution in [2.24, 2.45) is 0 Å². The first-order valence-electron chi connectivity index (χ1n) is 10.4. The second kappa shape index (κ2) is 9.94. The van der Waals surface area contributed by atoms with Crippen LogP contribution in [0.2, 0.25) is 5.02 Å². The lowest BCUT2D eigenvalue weighted by molar-refractivity contribution is -0.124. The van der Waals surface area contributed by atoms with Gasteiger partial charge in [0, 0.05) is 18.1 Å². The Morgan fingerprint density at radius 1 is 1.13 bits per heavy atom. The fraction of sp³-hybridized carbons (Fsp3) is 0.435. The van der Waals surface area contributed by atoms with Gasteiger partial charge in [0.1, 0.15) is 6.04 Å². The molecule has 0 unspecified atom stereocenters. The van der Waals surface area contributed by atoms with Crippen molar-refractivity contribution in [1.82, 2.24) is 9.62 Å². The number of nitrogens with zero attached hydrogens (tertiary/aromatic N) is 1. The van der Waals surface area contributed by atoms with E-state index >= 15 is 0 Å². The molecule has 0 saturated carbocycles. The van der Waals surface area contributed by atoms with E-state index in [1.807, 2.05) is 0 Å². The summed E-state index contributed by atoms with van der Waals surface area (Å²) >= 11 is 5.86. The molecule has 30 heavy (non-hydrogen) atoms. The van der Waals surface area contributed by atoms with Crippen molar-refractivity contribution in [1.29, 1.82) is 0 Å². The number of nitrogens with one attached hydrogen (secondary N) is 1. The Morgan fingerprint density at radius 2 is 1.80 bits per heavy atom. The number of benzene rings is 2. The van der Waals surface area contributed by atoms with Gasteiger partial charge in [-0.1, -0.05) is 49.7 Å². The minimum atomic E-state index is -3.72. The van der Waals surface area contributed by atoms with Crippen LogP contribution < -0.4 is 5.32 Å². The molecule has 1 amide bonds. The minimum absolute atomic E-state index is 0.163. The molecule has 1 saturated heterocycles. The zero-order valence-corrected chi connectivity index (χ0v) is 19.0. The molecule has 2 aromatic carbocycles. The normalized spacial score (nSPS) is 17.4. The monoisotopic (exact) mass is 448 g/mol. The van der Waals surface area contributed by atoms with Crippen LogP contribution in [0.5, 0.6) is 0 Å². The van der Waals surface area contributed by atoms with Crippen molar-refractivity contribution >= 4 is 27.5 Å². The predicted octanol–water partition coefficient (Wildman–Crippen LogP) is 4.37. The van der Waals surface area contributed by atoms with Gasteiger partial charge in [-0.2, -0.15) is 4.31 Å². The summed E-state index contributed by atoms with van der Waals surface area (Å²) in [5, 5.41) is 3.40. The SMILES string of the molecule is CC(C)c1ccc(CCCNC(=O)[C@H]2CCCN2S(=O)(=O)c2ccc(Cl)cc2)cc1. The fourth-order valence-electron chi connectivity index (χ4n) is 3.72. The van der Waals surface area contributed by atoms with E-state index < -0.39 is 16.1 Å². The number of hydrogen-bond acceptors (Lipinski definition) is 3. The smallest absolute Gasteiger partial charge is 0.243 e. The average Bonchev–Trinajstić information content (AvgIpc) is 3.23. The molecule has 0 aliphatic carbocycles. The number of amides is 1. The van der Waals surface area contributed by atoms with E-state index in [4.69, 9.17) is 11.6 Å². The van der Waals surface area contributed by atoms with E-state index in [1.165, 1.54) is 27.6 Å². The van der Waals surface area contributed by atoms with Gasteiger partial charge >= 0.3 is 0 Å². The largest absolute Gasteiger partial charge is 0.355 e. The molecule has 0 aromatic heterocycles. The lowest BCUT2D eigenvalue weighted by Crippen LogP contribution is -2.46. The maximum atomic E-state index is 13.0. The Labute approximate surface area is 184 Å². The van der Waals surface area contributed by atoms with Gasteiger partial charge in [-0.15, -0.1) is 0 Å². The standard InChI is InChI=1S/C23H29ClN2O3S/c1-17(2)19-9-7-18(8-10-19)5-3-15-25-23(27)22-6-4-16-26(22)30(28,29)21-13-11-20(24)12-14-21/h7-14,17,22H,3-6,15-16H2,1-2H3,(H,25,27)/t22-/m1/s1. The van der Waals surface area contributed by atoms with Gasteiger partial charge in [0.05, 0.1) is 4.90 Å². The van der Waals surface area contributed by atoms with Crippen molar-refractivity contribution in [2.75, 3.05) is 13.1 Å². The topological polar surface area (TPSA) is 66.5 Å². The maximum absolute atomic E-state index is 13.0. The Kier molecular flexibility index (Phi) is 7.55. The van der Waals surface area contributed by atoms with Gasteiger partial charge < -0.3 is 5.32 Å². The van der Waals surface area contributed by atoms with Gasteiger partial charge in [0.25, 0.3) is 0 Å². The molecule has 1 aliphatic heterocycles. The van der Waals surface area contributed by atoms with Crippen LogP contribution in [-0.2, 0) is 21.2 Å². The molecule has 5 nitrogen and oxygen atoms in total. The lowest BCUT2D eigenvalue weighted by Gasteiger charge is -2.23. The van der Waals surface area contributed by atoms with Crippen LogP contribution in [0, 0.1) is 0 Å². The number of halogens is 1. The number of aryl methyl sites for hydroxylation is 1. The summed E-state index contributed by atoms with van der Waals surface area (Å²) in [6, 6.07) is 14.0. The van der Waals surface area contributed by atoms with Crippen LogP contribution in [0.4, 0.5) is 0 Å². The highest BCUT2D eigenvalue weighted by Gasteiger charge is 2.39. The molecular weight excluding hydrogens is 420 g/mol. The lowest BCUT2D eigenvalue weighted by atomic mass is 10.0. The van der Waals surface area contributed by atoms with Gasteiger partial charge in [-0.25, -0.2) is 8.42 Å². The molecule has 1 fully saturated rings. The van der Waals surface area contributed by atoms with Crippen molar-refractivity contribution in [3.63, 3.8) is 0 Å². The first-order chi connectivity index (χ1) is 14.3. The quantitative estimate of drug-likeness (QED) is 0.610. The number of carbonyl (C=O) groups is 1. The van der Waals surface area contributed by atoms with Crippen LogP contribution in [0.15, 0.2) is 53.4 Å². The van der Waals surface area contributed by atoms with E-state index in [0.717, 1.165) is 12.8 Å². The molecule has 162 valence electrons. The maximum Gasteiger partial charge on any atom is 0.243 e. The summed E-state index contributed by atoms with van der Waals surface area (Å²) in [5.74, 6) is 0.289. The second-order valence-corrected chi connectivity index (χ2v) is 10.3. The fourth-order valence-corrected chi connectivity index (χ4v) is 5.51. The van der Waals surface area contributed by atoms with Crippen LogP contribution in [0.3, 0.4) is 0 Å². The molecule has 1 aliphatic rings. The third-order valence-electron chi connectivity index (χ3n) is 5.51. The molecule has 1 atom stereocenters. The van der Waals surface area contributed by atoms with E-state index in [0.29, 0.717) is 36.9 Å². The number of hydrogen-bond donors (Lipinski definition) is 1. The van der Waals surface area contributed by atoms with Crippen molar-refractivity contribution in [3.8, 4) is 0 Å². The van der Waals surface area contributed by atoms with Gasteiger partial charge in [-0.3, -0.25) is 4.79 Å². The molecule has 1 N–H and O–H groups in total. The molecule has 0 spiro atoms. The van der Waals surface area contributed by atoms with Crippen LogP contribution in [-0.4, -0.2) is 37.8 Å². The Balaban J connectivity index is 1.53. The molecular formula is C23H29ClN2O3S. The summed E-state index contributed by atoms with van der Waals surface area (Å²) in [5.41, 5.74) is 2.55. The third kappa shape index (κ3) is 5.42. The van der Waals surface area contributed by atoms with Gasteiger partial charge in [-0.05, 0) is 67.0 Å². The molecule has 1 heterocycles. The van der Waals surface area contributed by atoms with Gasteiger partial charge in [0.2, 0.25) is 15.9 Å².